The number of halogens is 8. The van der Waals surface area contributed by atoms with Crippen molar-refractivity contribution in [3.05, 3.63) is 12.7 Å². The molecule has 0 unspecified atom stereocenters. The molecule has 0 rings (SSSR count). The van der Waals surface area contributed by atoms with Crippen LogP contribution in [0.5, 0.6) is 0 Å². The van der Waals surface area contributed by atoms with Crippen LogP contribution >= 0.6 is 0 Å². The van der Waals surface area contributed by atoms with E-state index in [2.05, 4.69) is 11.3 Å². The van der Waals surface area contributed by atoms with Crippen LogP contribution in [0.25, 0.3) is 0 Å². The molecule has 0 aliphatic heterocycles. The molecule has 0 heterocycles. The second-order valence-corrected chi connectivity index (χ2v) is 2.65. The molecule has 0 spiro atoms. The fraction of sp³-hybridized carbons (Fsp3) is 0.571. The smallest absolute Gasteiger partial charge is 0.244 e. The summed E-state index contributed by atoms with van der Waals surface area (Å²) in [5.74, 6) is -11.0. The summed E-state index contributed by atoms with van der Waals surface area (Å²) in [7, 11) is 0. The predicted molar refractivity (Wildman–Crippen MR) is 36.7 cm³/mol. The monoisotopic (exact) mass is 269 g/mol. The molecule has 0 aromatic heterocycles. The van der Waals surface area contributed by atoms with E-state index in [-0.39, 0.29) is 6.07 Å². The summed E-state index contributed by atoms with van der Waals surface area (Å²) in [4.78, 5) is 0. The van der Waals surface area contributed by atoms with Crippen LogP contribution in [0.4, 0.5) is 35.1 Å². The summed E-state index contributed by atoms with van der Waals surface area (Å²) in [5, 5.41) is 7.57. The summed E-state index contributed by atoms with van der Waals surface area (Å²) in [5.41, 5.74) is 0. The SMILES string of the molecule is C=CC(F)(F)C(F)(F)OC(F)(F)C(F)(F)C#N. The van der Waals surface area contributed by atoms with Crippen molar-refractivity contribution in [2.45, 2.75) is 24.1 Å². The average Bonchev–Trinajstić information content (AvgIpc) is 2.15. The largest absolute Gasteiger partial charge is 0.438 e. The van der Waals surface area contributed by atoms with Gasteiger partial charge in [-0.25, -0.2) is 4.74 Å². The maximum atomic E-state index is 12.4. The van der Waals surface area contributed by atoms with Gasteiger partial charge in [-0.2, -0.15) is 40.4 Å². The lowest BCUT2D eigenvalue weighted by Gasteiger charge is -2.29. The van der Waals surface area contributed by atoms with E-state index in [1.807, 2.05) is 0 Å². The molecule has 0 saturated carbocycles. The van der Waals surface area contributed by atoms with Crippen molar-refractivity contribution in [3.63, 3.8) is 0 Å². The highest BCUT2D eigenvalue weighted by Gasteiger charge is 2.68. The van der Waals surface area contributed by atoms with Gasteiger partial charge in [-0.15, -0.1) is 0 Å². The lowest BCUT2D eigenvalue weighted by atomic mass is 10.3. The number of alkyl halides is 8. The molecule has 17 heavy (non-hydrogen) atoms. The maximum Gasteiger partial charge on any atom is 0.438 e. The number of rotatable bonds is 5. The fourth-order valence-corrected chi connectivity index (χ4v) is 0.477. The van der Waals surface area contributed by atoms with Gasteiger partial charge in [-0.3, -0.25) is 0 Å². The summed E-state index contributed by atoms with van der Waals surface area (Å²) in [6.45, 7) is 2.20. The zero-order valence-corrected chi connectivity index (χ0v) is 7.66. The first kappa shape index (κ1) is 15.6. The Labute approximate surface area is 89.1 Å². The van der Waals surface area contributed by atoms with Crippen molar-refractivity contribution in [3.8, 4) is 6.07 Å². The van der Waals surface area contributed by atoms with Crippen molar-refractivity contribution >= 4 is 0 Å². The molecule has 0 radical (unpaired) electrons. The summed E-state index contributed by atoms with van der Waals surface area (Å²) in [6.07, 6.45) is -12.8. The molecule has 0 bridgehead atoms. The Hall–Kier alpha value is -1.37. The molecular weight excluding hydrogens is 266 g/mol. The van der Waals surface area contributed by atoms with Gasteiger partial charge in [0.25, 0.3) is 0 Å². The standard InChI is InChI=1S/C7H3F8NO/c1-2-4(8,9)6(12,13)17-7(14,15)5(10,11)3-16/h2H,1H2. The van der Waals surface area contributed by atoms with E-state index in [0.29, 0.717) is 0 Å². The lowest BCUT2D eigenvalue weighted by Crippen LogP contribution is -2.52. The van der Waals surface area contributed by atoms with Gasteiger partial charge < -0.3 is 0 Å². The van der Waals surface area contributed by atoms with Crippen molar-refractivity contribution in [2.24, 2.45) is 0 Å². The molecule has 0 aromatic carbocycles. The quantitative estimate of drug-likeness (QED) is 0.567. The van der Waals surface area contributed by atoms with Crippen LogP contribution in [0.15, 0.2) is 12.7 Å². The minimum atomic E-state index is -6.09. The van der Waals surface area contributed by atoms with Gasteiger partial charge in [-0.05, 0) is 6.08 Å². The lowest BCUT2D eigenvalue weighted by molar-refractivity contribution is -0.452. The zero-order chi connectivity index (χ0) is 14.1. The second kappa shape index (κ2) is 4.14. The topological polar surface area (TPSA) is 33.0 Å². The van der Waals surface area contributed by atoms with Crippen LogP contribution in [-0.4, -0.2) is 24.1 Å². The number of nitrogens with zero attached hydrogens (tertiary/aromatic N) is 1. The molecule has 0 N–H and O–H groups in total. The van der Waals surface area contributed by atoms with E-state index in [9.17, 15) is 35.1 Å². The van der Waals surface area contributed by atoms with E-state index in [0.717, 1.165) is 0 Å². The Kier molecular flexibility index (Phi) is 3.80. The first-order valence-corrected chi connectivity index (χ1v) is 3.59. The van der Waals surface area contributed by atoms with E-state index in [1.54, 1.807) is 0 Å². The maximum absolute atomic E-state index is 12.4. The normalized spacial score (nSPS) is 14.3. The molecule has 10 heteroatoms. The second-order valence-electron chi connectivity index (χ2n) is 2.65. The van der Waals surface area contributed by atoms with Crippen LogP contribution in [0.1, 0.15) is 0 Å². The van der Waals surface area contributed by atoms with Crippen molar-refractivity contribution < 1.29 is 39.9 Å². The van der Waals surface area contributed by atoms with Crippen molar-refractivity contribution in [1.29, 1.82) is 5.26 Å². The molecule has 0 amide bonds. The highest BCUT2D eigenvalue weighted by atomic mass is 19.3. The Balaban J connectivity index is 5.23. The summed E-state index contributed by atoms with van der Waals surface area (Å²) < 4.78 is 100. The Bertz CT molecular complexity index is 344. The van der Waals surface area contributed by atoms with E-state index in [4.69, 9.17) is 5.26 Å². The number of nitriles is 1. The van der Waals surface area contributed by atoms with Crippen LogP contribution in [0.3, 0.4) is 0 Å². The summed E-state index contributed by atoms with van der Waals surface area (Å²) >= 11 is 0. The van der Waals surface area contributed by atoms with Crippen molar-refractivity contribution in [1.82, 2.24) is 0 Å². The third-order valence-electron chi connectivity index (χ3n) is 1.41. The van der Waals surface area contributed by atoms with E-state index < -0.39 is 30.1 Å². The van der Waals surface area contributed by atoms with Gasteiger partial charge in [0.2, 0.25) is 0 Å². The zero-order valence-electron chi connectivity index (χ0n) is 7.66. The van der Waals surface area contributed by atoms with Gasteiger partial charge in [-0.1, -0.05) is 6.58 Å². The first-order chi connectivity index (χ1) is 7.33. The van der Waals surface area contributed by atoms with Gasteiger partial charge in [0.05, 0.1) is 0 Å². The minimum absolute atomic E-state index is 0.339. The molecule has 0 aliphatic carbocycles. The molecule has 2 nitrogen and oxygen atoms in total. The van der Waals surface area contributed by atoms with Gasteiger partial charge >= 0.3 is 24.1 Å². The van der Waals surface area contributed by atoms with Gasteiger partial charge in [0.15, 0.2) is 0 Å². The number of ether oxygens (including phenoxy) is 1. The fourth-order valence-electron chi connectivity index (χ4n) is 0.477. The average molecular weight is 269 g/mol. The highest BCUT2D eigenvalue weighted by Crippen LogP contribution is 2.44. The van der Waals surface area contributed by atoms with Crippen LogP contribution < -0.4 is 0 Å². The van der Waals surface area contributed by atoms with Gasteiger partial charge in [0.1, 0.15) is 6.07 Å². The van der Waals surface area contributed by atoms with Gasteiger partial charge in [0, 0.05) is 0 Å². The van der Waals surface area contributed by atoms with Crippen LogP contribution in [0, 0.1) is 11.3 Å². The third-order valence-corrected chi connectivity index (χ3v) is 1.41. The minimum Gasteiger partial charge on any atom is -0.244 e. The van der Waals surface area contributed by atoms with Crippen LogP contribution in [-0.2, 0) is 4.74 Å². The molecule has 98 valence electrons. The highest BCUT2D eigenvalue weighted by molar-refractivity contribution is 5.01. The number of hydrogen-bond donors (Lipinski definition) is 0. The number of hydrogen-bond acceptors (Lipinski definition) is 2. The predicted octanol–water partition coefficient (Wildman–Crippen LogP) is 3.17. The molecule has 0 atom stereocenters. The third kappa shape index (κ3) is 2.85. The molecular formula is C7H3F8NO. The Morgan fingerprint density at radius 3 is 1.65 bits per heavy atom. The Morgan fingerprint density at radius 2 is 1.35 bits per heavy atom. The van der Waals surface area contributed by atoms with E-state index in [1.165, 1.54) is 0 Å². The van der Waals surface area contributed by atoms with E-state index >= 15 is 0 Å². The molecule has 0 fully saturated rings. The first-order valence-electron chi connectivity index (χ1n) is 3.59. The Morgan fingerprint density at radius 1 is 0.941 bits per heavy atom. The molecule has 0 aromatic rings. The van der Waals surface area contributed by atoms with Crippen LogP contribution in [0.2, 0.25) is 0 Å². The summed E-state index contributed by atoms with van der Waals surface area (Å²) in [6, 6.07) is -0.339. The molecule has 0 aliphatic rings. The molecule has 0 saturated heterocycles. The van der Waals surface area contributed by atoms with Crippen molar-refractivity contribution in [2.75, 3.05) is 0 Å².